The van der Waals surface area contributed by atoms with Crippen molar-refractivity contribution >= 4 is 23.3 Å². The molecule has 2 N–H and O–H groups in total. The molecule has 2 amide bonds. The first-order chi connectivity index (χ1) is 12.0. The van der Waals surface area contributed by atoms with Crippen LogP contribution in [0.3, 0.4) is 0 Å². The highest BCUT2D eigenvalue weighted by Gasteiger charge is 2.10. The monoisotopic (exact) mass is 362 g/mol. The Morgan fingerprint density at radius 1 is 1.20 bits per heavy atom. The summed E-state index contributed by atoms with van der Waals surface area (Å²) >= 11 is 6.06. The summed E-state index contributed by atoms with van der Waals surface area (Å²) in [6, 6.07) is 11.0. The van der Waals surface area contributed by atoms with E-state index in [9.17, 15) is 4.79 Å². The third-order valence-electron chi connectivity index (χ3n) is 3.73. The van der Waals surface area contributed by atoms with Crippen LogP contribution in [0.2, 0.25) is 5.02 Å². The van der Waals surface area contributed by atoms with Crippen molar-refractivity contribution in [2.75, 3.05) is 25.6 Å². The van der Waals surface area contributed by atoms with Gasteiger partial charge in [0.15, 0.2) is 0 Å². The number of hydrogen-bond acceptors (Lipinski definition) is 3. The molecule has 0 aliphatic rings. The minimum absolute atomic E-state index is 0.326. The average Bonchev–Trinajstić information content (AvgIpc) is 2.62. The predicted octanol–water partition coefficient (Wildman–Crippen LogP) is 4.42. The number of methoxy groups -OCH3 is 1. The highest BCUT2D eigenvalue weighted by molar-refractivity contribution is 6.31. The first kappa shape index (κ1) is 18.9. The molecule has 0 heterocycles. The maximum Gasteiger partial charge on any atom is 0.319 e. The van der Waals surface area contributed by atoms with Crippen LogP contribution in [-0.4, -0.2) is 26.3 Å². The zero-order valence-corrected chi connectivity index (χ0v) is 15.4. The van der Waals surface area contributed by atoms with Crippen molar-refractivity contribution in [3.05, 3.63) is 52.5 Å². The van der Waals surface area contributed by atoms with E-state index < -0.39 is 0 Å². The van der Waals surface area contributed by atoms with Gasteiger partial charge in [0.25, 0.3) is 0 Å². The predicted molar refractivity (Wildman–Crippen MR) is 101 cm³/mol. The molecule has 0 saturated heterocycles. The van der Waals surface area contributed by atoms with E-state index in [4.69, 9.17) is 21.1 Å². The number of carbonyl (C=O) groups excluding carboxylic acids is 1. The molecule has 6 heteroatoms. The van der Waals surface area contributed by atoms with Gasteiger partial charge in [-0.2, -0.15) is 0 Å². The molecule has 0 aliphatic carbocycles. The second-order valence-electron chi connectivity index (χ2n) is 5.49. The number of ether oxygens (including phenoxy) is 2. The summed E-state index contributed by atoms with van der Waals surface area (Å²) < 4.78 is 11.0. The molecule has 0 bridgehead atoms. The highest BCUT2D eigenvalue weighted by Crippen LogP contribution is 2.30. The Balaban J connectivity index is 1.84. The normalized spacial score (nSPS) is 10.2. The van der Waals surface area contributed by atoms with Crippen molar-refractivity contribution in [1.82, 2.24) is 5.32 Å². The number of halogens is 1. The Bertz CT molecular complexity index is 735. The molecule has 0 unspecified atom stereocenters. The fourth-order valence-corrected chi connectivity index (χ4v) is 2.51. The zero-order valence-electron chi connectivity index (χ0n) is 14.7. The fraction of sp³-hybridized carbons (Fsp3) is 0.316. The van der Waals surface area contributed by atoms with E-state index in [0.717, 1.165) is 23.3 Å². The van der Waals surface area contributed by atoms with Crippen LogP contribution in [0.4, 0.5) is 10.5 Å². The van der Waals surface area contributed by atoms with E-state index in [1.807, 2.05) is 31.2 Å². The Labute approximate surface area is 153 Å². The van der Waals surface area contributed by atoms with Crippen LogP contribution < -0.4 is 20.1 Å². The number of anilines is 1. The maximum atomic E-state index is 12.0. The zero-order chi connectivity index (χ0) is 18.2. The van der Waals surface area contributed by atoms with E-state index >= 15 is 0 Å². The summed E-state index contributed by atoms with van der Waals surface area (Å²) in [5.74, 6) is 1.36. The lowest BCUT2D eigenvalue weighted by Crippen LogP contribution is -2.32. The fourth-order valence-electron chi connectivity index (χ4n) is 2.36. The lowest BCUT2D eigenvalue weighted by molar-refractivity contribution is 0.247. The highest BCUT2D eigenvalue weighted by atomic mass is 35.5. The number of carbonyl (C=O) groups is 1. The van der Waals surface area contributed by atoms with E-state index in [1.54, 1.807) is 12.1 Å². The lowest BCUT2D eigenvalue weighted by Gasteiger charge is -2.14. The third-order valence-corrected chi connectivity index (χ3v) is 4.13. The largest absolute Gasteiger partial charge is 0.495 e. The van der Waals surface area contributed by atoms with Crippen LogP contribution in [0.25, 0.3) is 0 Å². The summed E-state index contributed by atoms with van der Waals surface area (Å²) in [5, 5.41) is 6.11. The number of amides is 2. The molecule has 0 saturated carbocycles. The SMILES string of the molecule is CCc1ccccc1OCCNC(=O)Nc1cc(C)c(Cl)cc1OC. The van der Waals surface area contributed by atoms with Crippen LogP contribution in [0.15, 0.2) is 36.4 Å². The van der Waals surface area contributed by atoms with Gasteiger partial charge in [-0.1, -0.05) is 36.7 Å². The van der Waals surface area contributed by atoms with Gasteiger partial charge in [0.05, 0.1) is 19.3 Å². The van der Waals surface area contributed by atoms with Gasteiger partial charge in [0, 0.05) is 11.1 Å². The minimum Gasteiger partial charge on any atom is -0.495 e. The van der Waals surface area contributed by atoms with Crippen LogP contribution >= 0.6 is 11.6 Å². The van der Waals surface area contributed by atoms with Crippen molar-refractivity contribution in [2.45, 2.75) is 20.3 Å². The van der Waals surface area contributed by atoms with Crippen LogP contribution in [0.1, 0.15) is 18.1 Å². The van der Waals surface area contributed by atoms with Gasteiger partial charge in [-0.15, -0.1) is 0 Å². The molecule has 0 atom stereocenters. The number of para-hydroxylation sites is 1. The molecule has 2 rings (SSSR count). The summed E-state index contributed by atoms with van der Waals surface area (Å²) in [5.41, 5.74) is 2.57. The van der Waals surface area contributed by atoms with Gasteiger partial charge in [0.1, 0.15) is 18.1 Å². The summed E-state index contributed by atoms with van der Waals surface area (Å²) in [7, 11) is 1.53. The summed E-state index contributed by atoms with van der Waals surface area (Å²) in [4.78, 5) is 12.0. The first-order valence-corrected chi connectivity index (χ1v) is 8.52. The molecule has 0 radical (unpaired) electrons. The molecule has 0 aliphatic heterocycles. The number of aryl methyl sites for hydroxylation is 2. The van der Waals surface area contributed by atoms with Gasteiger partial charge < -0.3 is 20.1 Å². The van der Waals surface area contributed by atoms with Gasteiger partial charge in [-0.25, -0.2) is 4.79 Å². The van der Waals surface area contributed by atoms with Gasteiger partial charge in [-0.3, -0.25) is 0 Å². The minimum atomic E-state index is -0.326. The van der Waals surface area contributed by atoms with E-state index in [0.29, 0.717) is 29.6 Å². The molecule has 2 aromatic carbocycles. The summed E-state index contributed by atoms with van der Waals surface area (Å²) in [6.45, 7) is 4.72. The van der Waals surface area contributed by atoms with E-state index in [-0.39, 0.29) is 6.03 Å². The Morgan fingerprint density at radius 2 is 1.96 bits per heavy atom. The smallest absolute Gasteiger partial charge is 0.319 e. The van der Waals surface area contributed by atoms with Crippen molar-refractivity contribution in [3.63, 3.8) is 0 Å². The lowest BCUT2D eigenvalue weighted by atomic mass is 10.1. The van der Waals surface area contributed by atoms with Crippen molar-refractivity contribution < 1.29 is 14.3 Å². The number of rotatable bonds is 7. The number of nitrogens with one attached hydrogen (secondary N) is 2. The molecular weight excluding hydrogens is 340 g/mol. The van der Waals surface area contributed by atoms with Crippen molar-refractivity contribution in [3.8, 4) is 11.5 Å². The Morgan fingerprint density at radius 3 is 2.68 bits per heavy atom. The molecule has 2 aromatic rings. The van der Waals surface area contributed by atoms with E-state index in [2.05, 4.69) is 17.6 Å². The topological polar surface area (TPSA) is 59.6 Å². The number of hydrogen-bond donors (Lipinski definition) is 2. The van der Waals surface area contributed by atoms with Crippen molar-refractivity contribution in [2.24, 2.45) is 0 Å². The van der Waals surface area contributed by atoms with Gasteiger partial charge in [-0.05, 0) is 36.6 Å². The number of urea groups is 1. The Hall–Kier alpha value is -2.40. The summed E-state index contributed by atoms with van der Waals surface area (Å²) in [6.07, 6.45) is 0.903. The first-order valence-electron chi connectivity index (χ1n) is 8.14. The second-order valence-corrected chi connectivity index (χ2v) is 5.90. The molecular formula is C19H23ClN2O3. The Kier molecular flexibility index (Phi) is 6.95. The molecule has 134 valence electrons. The molecule has 5 nitrogen and oxygen atoms in total. The average molecular weight is 363 g/mol. The van der Waals surface area contributed by atoms with Crippen LogP contribution in [-0.2, 0) is 6.42 Å². The second kappa shape index (κ2) is 9.18. The number of benzene rings is 2. The maximum absolute atomic E-state index is 12.0. The van der Waals surface area contributed by atoms with Crippen molar-refractivity contribution in [1.29, 1.82) is 0 Å². The van der Waals surface area contributed by atoms with Gasteiger partial charge >= 0.3 is 6.03 Å². The van der Waals surface area contributed by atoms with Crippen LogP contribution in [0.5, 0.6) is 11.5 Å². The molecule has 25 heavy (non-hydrogen) atoms. The van der Waals surface area contributed by atoms with Gasteiger partial charge in [0.2, 0.25) is 0 Å². The standard InChI is InChI=1S/C19H23ClN2O3/c1-4-14-7-5-6-8-17(14)25-10-9-21-19(23)22-16-11-13(2)15(20)12-18(16)24-3/h5-8,11-12H,4,9-10H2,1-3H3,(H2,21,22,23). The van der Waals surface area contributed by atoms with Crippen LogP contribution in [0, 0.1) is 6.92 Å². The third kappa shape index (κ3) is 5.29. The molecule has 0 spiro atoms. The molecule has 0 aromatic heterocycles. The quantitative estimate of drug-likeness (QED) is 0.717. The van der Waals surface area contributed by atoms with E-state index in [1.165, 1.54) is 7.11 Å². The molecule has 0 fully saturated rings.